The molecule has 0 N–H and O–H groups in total. The Balaban J connectivity index is 2.32. The van der Waals surface area contributed by atoms with Gasteiger partial charge in [-0.1, -0.05) is 32.6 Å². The lowest BCUT2D eigenvalue weighted by molar-refractivity contribution is -0.123. The fraction of sp³-hybridized carbons (Fsp3) is 0.909. The molecule has 1 fully saturated rings. The molecule has 0 unspecified atom stereocenters. The van der Waals surface area contributed by atoms with Crippen LogP contribution in [0.25, 0.3) is 0 Å². The lowest BCUT2D eigenvalue weighted by atomic mass is 9.93. The molecule has 1 rings (SSSR count). The highest BCUT2D eigenvalue weighted by Gasteiger charge is 2.18. The van der Waals surface area contributed by atoms with Gasteiger partial charge >= 0.3 is 0 Å². The molecule has 12 heavy (non-hydrogen) atoms. The number of hydrogen-bond acceptors (Lipinski definition) is 1. The number of carbonyl (C=O) groups is 1. The van der Waals surface area contributed by atoms with Crippen LogP contribution >= 0.6 is 0 Å². The van der Waals surface area contributed by atoms with Crippen LogP contribution in [0, 0.1) is 5.92 Å². The van der Waals surface area contributed by atoms with E-state index in [1.807, 2.05) is 0 Å². The fourth-order valence-corrected chi connectivity index (χ4v) is 2.05. The smallest absolute Gasteiger partial charge is 0.135 e. The van der Waals surface area contributed by atoms with E-state index in [0.717, 1.165) is 12.8 Å². The zero-order valence-corrected chi connectivity index (χ0v) is 8.14. The van der Waals surface area contributed by atoms with Gasteiger partial charge in [-0.05, 0) is 19.3 Å². The SMILES string of the molecule is CCCC(=O)C1CCCCCC1. The van der Waals surface area contributed by atoms with Crippen LogP contribution in [0.2, 0.25) is 0 Å². The summed E-state index contributed by atoms with van der Waals surface area (Å²) in [6.45, 7) is 2.09. The highest BCUT2D eigenvalue weighted by molar-refractivity contribution is 5.80. The van der Waals surface area contributed by atoms with E-state index in [9.17, 15) is 4.79 Å². The molecule has 1 aliphatic carbocycles. The van der Waals surface area contributed by atoms with Crippen molar-refractivity contribution in [2.45, 2.75) is 58.3 Å². The predicted molar refractivity (Wildman–Crippen MR) is 51.1 cm³/mol. The molecule has 0 aromatic carbocycles. The van der Waals surface area contributed by atoms with Gasteiger partial charge in [0.05, 0.1) is 0 Å². The van der Waals surface area contributed by atoms with Crippen LogP contribution in [0.3, 0.4) is 0 Å². The van der Waals surface area contributed by atoms with E-state index >= 15 is 0 Å². The second-order valence-electron chi connectivity index (χ2n) is 3.90. The van der Waals surface area contributed by atoms with Gasteiger partial charge in [-0.25, -0.2) is 0 Å². The molecule has 0 spiro atoms. The molecular formula is C11H20O. The Morgan fingerprint density at radius 1 is 1.17 bits per heavy atom. The summed E-state index contributed by atoms with van der Waals surface area (Å²) >= 11 is 0. The van der Waals surface area contributed by atoms with E-state index in [2.05, 4.69) is 6.92 Å². The van der Waals surface area contributed by atoms with Gasteiger partial charge in [0.1, 0.15) is 5.78 Å². The normalized spacial score (nSPS) is 20.4. The molecule has 1 nitrogen and oxygen atoms in total. The zero-order chi connectivity index (χ0) is 8.81. The maximum absolute atomic E-state index is 11.6. The van der Waals surface area contributed by atoms with Crippen molar-refractivity contribution in [3.05, 3.63) is 0 Å². The summed E-state index contributed by atoms with van der Waals surface area (Å²) < 4.78 is 0. The maximum Gasteiger partial charge on any atom is 0.135 e. The third kappa shape index (κ3) is 2.96. The van der Waals surface area contributed by atoms with Crippen molar-refractivity contribution in [1.82, 2.24) is 0 Å². The maximum atomic E-state index is 11.6. The molecule has 1 heteroatoms. The number of hydrogen-bond donors (Lipinski definition) is 0. The second-order valence-corrected chi connectivity index (χ2v) is 3.90. The molecule has 0 bridgehead atoms. The Labute approximate surface area is 75.5 Å². The number of Topliss-reactive ketones (excluding diaryl/α,β-unsaturated/α-hetero) is 1. The van der Waals surface area contributed by atoms with E-state index in [1.165, 1.54) is 38.5 Å². The van der Waals surface area contributed by atoms with Gasteiger partial charge in [0.15, 0.2) is 0 Å². The van der Waals surface area contributed by atoms with Crippen LogP contribution in [0.15, 0.2) is 0 Å². The largest absolute Gasteiger partial charge is 0.299 e. The van der Waals surface area contributed by atoms with Crippen LogP contribution in [-0.4, -0.2) is 5.78 Å². The summed E-state index contributed by atoms with van der Waals surface area (Å²) in [7, 11) is 0. The average molecular weight is 168 g/mol. The Bertz CT molecular complexity index is 132. The van der Waals surface area contributed by atoms with Crippen molar-refractivity contribution in [3.8, 4) is 0 Å². The molecule has 0 aromatic rings. The molecule has 1 saturated carbocycles. The fourth-order valence-electron chi connectivity index (χ4n) is 2.05. The van der Waals surface area contributed by atoms with Crippen molar-refractivity contribution >= 4 is 5.78 Å². The van der Waals surface area contributed by atoms with Crippen LogP contribution in [0.5, 0.6) is 0 Å². The molecule has 0 heterocycles. The molecule has 0 radical (unpaired) electrons. The third-order valence-electron chi connectivity index (χ3n) is 2.81. The first-order valence-electron chi connectivity index (χ1n) is 5.37. The van der Waals surface area contributed by atoms with Gasteiger partial charge in [-0.15, -0.1) is 0 Å². The topological polar surface area (TPSA) is 17.1 Å². The van der Waals surface area contributed by atoms with E-state index in [-0.39, 0.29) is 0 Å². The first-order valence-corrected chi connectivity index (χ1v) is 5.37. The van der Waals surface area contributed by atoms with Crippen molar-refractivity contribution in [2.24, 2.45) is 5.92 Å². The molecule has 0 saturated heterocycles. The molecule has 1 aliphatic rings. The number of carbonyl (C=O) groups excluding carboxylic acids is 1. The van der Waals surface area contributed by atoms with E-state index < -0.39 is 0 Å². The summed E-state index contributed by atoms with van der Waals surface area (Å²) in [5.74, 6) is 0.951. The Morgan fingerprint density at radius 3 is 2.25 bits per heavy atom. The third-order valence-corrected chi connectivity index (χ3v) is 2.81. The minimum Gasteiger partial charge on any atom is -0.299 e. The van der Waals surface area contributed by atoms with Crippen LogP contribution in [-0.2, 0) is 4.79 Å². The van der Waals surface area contributed by atoms with E-state index in [0.29, 0.717) is 11.7 Å². The highest BCUT2D eigenvalue weighted by Crippen LogP contribution is 2.24. The van der Waals surface area contributed by atoms with Crippen molar-refractivity contribution in [1.29, 1.82) is 0 Å². The van der Waals surface area contributed by atoms with Crippen LogP contribution in [0.4, 0.5) is 0 Å². The number of rotatable bonds is 3. The molecule has 0 amide bonds. The minimum atomic E-state index is 0.424. The van der Waals surface area contributed by atoms with Gasteiger partial charge in [-0.3, -0.25) is 4.79 Å². The van der Waals surface area contributed by atoms with Gasteiger partial charge in [-0.2, -0.15) is 0 Å². The van der Waals surface area contributed by atoms with Crippen molar-refractivity contribution in [3.63, 3.8) is 0 Å². The van der Waals surface area contributed by atoms with Gasteiger partial charge in [0.2, 0.25) is 0 Å². The van der Waals surface area contributed by atoms with E-state index in [4.69, 9.17) is 0 Å². The molecule has 0 aliphatic heterocycles. The van der Waals surface area contributed by atoms with Crippen molar-refractivity contribution in [2.75, 3.05) is 0 Å². The van der Waals surface area contributed by atoms with E-state index in [1.54, 1.807) is 0 Å². The predicted octanol–water partition coefficient (Wildman–Crippen LogP) is 3.33. The quantitative estimate of drug-likeness (QED) is 0.591. The Morgan fingerprint density at radius 2 is 1.75 bits per heavy atom. The summed E-state index contributed by atoms with van der Waals surface area (Å²) in [5, 5.41) is 0. The summed E-state index contributed by atoms with van der Waals surface area (Å²) in [4.78, 5) is 11.6. The first-order chi connectivity index (χ1) is 5.84. The average Bonchev–Trinajstić information content (AvgIpc) is 2.32. The lowest BCUT2D eigenvalue weighted by Gasteiger charge is -2.11. The van der Waals surface area contributed by atoms with Crippen LogP contribution < -0.4 is 0 Å². The molecule has 70 valence electrons. The summed E-state index contributed by atoms with van der Waals surface area (Å²) in [6, 6.07) is 0. The molecule has 0 atom stereocenters. The highest BCUT2D eigenvalue weighted by atomic mass is 16.1. The minimum absolute atomic E-state index is 0.424. The Kier molecular flexibility index (Phi) is 4.34. The summed E-state index contributed by atoms with van der Waals surface area (Å²) in [6.07, 6.45) is 9.41. The van der Waals surface area contributed by atoms with Crippen LogP contribution in [0.1, 0.15) is 58.3 Å². The molecule has 0 aromatic heterocycles. The Hall–Kier alpha value is -0.330. The first kappa shape index (κ1) is 9.76. The lowest BCUT2D eigenvalue weighted by Crippen LogP contribution is -2.12. The van der Waals surface area contributed by atoms with Crippen molar-refractivity contribution < 1.29 is 4.79 Å². The summed E-state index contributed by atoms with van der Waals surface area (Å²) in [5.41, 5.74) is 0. The second kappa shape index (κ2) is 5.34. The number of ketones is 1. The standard InChI is InChI=1S/C11H20O/c1-2-7-11(12)10-8-5-3-4-6-9-10/h10H,2-9H2,1H3. The monoisotopic (exact) mass is 168 g/mol. The van der Waals surface area contributed by atoms with Gasteiger partial charge < -0.3 is 0 Å². The van der Waals surface area contributed by atoms with Gasteiger partial charge in [0.25, 0.3) is 0 Å². The zero-order valence-electron chi connectivity index (χ0n) is 8.14. The van der Waals surface area contributed by atoms with Gasteiger partial charge in [0, 0.05) is 12.3 Å². The molecular weight excluding hydrogens is 148 g/mol.